The number of fused-ring (bicyclic) bond motifs is 1. The Morgan fingerprint density at radius 1 is 1.27 bits per heavy atom. The molecule has 1 amide bonds. The van der Waals surface area contributed by atoms with Crippen molar-refractivity contribution in [2.24, 2.45) is 5.84 Å². The highest BCUT2D eigenvalue weighted by Gasteiger charge is 2.48. The Morgan fingerprint density at radius 3 is 2.81 bits per heavy atom. The Hall–Kier alpha value is -3.82. The molecule has 1 aliphatic heterocycles. The zero-order valence-electron chi connectivity index (χ0n) is 19.2. The molecule has 4 aromatic rings. The van der Waals surface area contributed by atoms with Crippen LogP contribution in [-0.4, -0.2) is 76.0 Å². The molecule has 0 aromatic carbocycles. The minimum atomic E-state index is -1.55. The zero-order chi connectivity index (χ0) is 26.3. The van der Waals surface area contributed by atoms with Gasteiger partial charge >= 0.3 is 0 Å². The normalized spacial score (nSPS) is 21.4. The van der Waals surface area contributed by atoms with Gasteiger partial charge in [-0.2, -0.15) is 0 Å². The Morgan fingerprint density at radius 2 is 2.08 bits per heavy atom. The van der Waals surface area contributed by atoms with Crippen LogP contribution in [0.25, 0.3) is 22.6 Å². The number of pyridine rings is 2. The molecule has 4 aromatic heterocycles. The summed E-state index contributed by atoms with van der Waals surface area (Å²) in [5.41, 5.74) is 1.37. The van der Waals surface area contributed by atoms with Crippen molar-refractivity contribution in [3.05, 3.63) is 59.7 Å². The number of aromatic nitrogens is 6. The van der Waals surface area contributed by atoms with Crippen molar-refractivity contribution in [3.63, 3.8) is 0 Å². The summed E-state index contributed by atoms with van der Waals surface area (Å²) >= 11 is 6.05. The standard InChI is InChI=1S/C22H21ClFN9O4/c1-32(25)21(36)17-15(34)16(35)22(37-17)33-9-29-14-19(28-8-13-5-11(23)2-3-27-13)30-18(31-20(14)33)10-4-12(24)7-26-6-10/h2-7,9,15-17,22,34-35H,8,25H2,1H3,(H,28,30,31)/t15-,16+,17-,22+/m0/s1. The van der Waals surface area contributed by atoms with Gasteiger partial charge < -0.3 is 20.3 Å². The number of hydrogen-bond donors (Lipinski definition) is 4. The van der Waals surface area contributed by atoms with Gasteiger partial charge in [-0.25, -0.2) is 25.2 Å². The smallest absolute Gasteiger partial charge is 0.268 e. The van der Waals surface area contributed by atoms with Gasteiger partial charge in [0.05, 0.1) is 24.8 Å². The molecule has 5 heterocycles. The van der Waals surface area contributed by atoms with Crippen LogP contribution in [0.3, 0.4) is 0 Å². The van der Waals surface area contributed by atoms with Gasteiger partial charge in [0.2, 0.25) is 0 Å². The number of carbonyl (C=O) groups excluding carboxylic acids is 1. The van der Waals surface area contributed by atoms with Crippen LogP contribution in [0.1, 0.15) is 11.9 Å². The maximum atomic E-state index is 13.9. The van der Waals surface area contributed by atoms with Gasteiger partial charge in [0.1, 0.15) is 18.0 Å². The molecule has 5 rings (SSSR count). The lowest BCUT2D eigenvalue weighted by molar-refractivity contribution is -0.147. The number of aliphatic hydroxyl groups excluding tert-OH is 2. The molecule has 15 heteroatoms. The number of nitrogens with two attached hydrogens (primary N) is 1. The molecular formula is C22H21ClFN9O4. The first-order chi connectivity index (χ1) is 17.7. The second-order valence-electron chi connectivity index (χ2n) is 8.31. The number of anilines is 1. The van der Waals surface area contributed by atoms with Gasteiger partial charge in [-0.05, 0) is 18.2 Å². The third-order valence-corrected chi connectivity index (χ3v) is 5.94. The molecule has 5 N–H and O–H groups in total. The van der Waals surface area contributed by atoms with E-state index in [9.17, 15) is 19.4 Å². The third kappa shape index (κ3) is 4.80. The van der Waals surface area contributed by atoms with E-state index >= 15 is 0 Å². The van der Waals surface area contributed by atoms with E-state index in [0.717, 1.165) is 11.2 Å². The number of imidazole rings is 1. The fraction of sp³-hybridized carbons (Fsp3) is 0.273. The van der Waals surface area contributed by atoms with Gasteiger partial charge in [0.15, 0.2) is 35.1 Å². The molecule has 0 radical (unpaired) electrons. The van der Waals surface area contributed by atoms with E-state index in [1.807, 2.05) is 0 Å². The Labute approximate surface area is 213 Å². The number of likely N-dealkylation sites (N-methyl/N-ethyl adjacent to an activating group) is 1. The van der Waals surface area contributed by atoms with E-state index in [-0.39, 0.29) is 34.9 Å². The average Bonchev–Trinajstić information content (AvgIpc) is 3.42. The first-order valence-electron chi connectivity index (χ1n) is 11.0. The van der Waals surface area contributed by atoms with E-state index in [2.05, 4.69) is 30.2 Å². The highest BCUT2D eigenvalue weighted by atomic mass is 35.5. The lowest BCUT2D eigenvalue weighted by atomic mass is 10.1. The quantitative estimate of drug-likeness (QED) is 0.156. The van der Waals surface area contributed by atoms with Crippen LogP contribution in [0.5, 0.6) is 0 Å². The lowest BCUT2D eigenvalue weighted by Gasteiger charge is -2.18. The monoisotopic (exact) mass is 529 g/mol. The van der Waals surface area contributed by atoms with Crippen molar-refractivity contribution in [1.29, 1.82) is 0 Å². The number of hydrazine groups is 1. The van der Waals surface area contributed by atoms with Gasteiger partial charge in [-0.15, -0.1) is 0 Å². The van der Waals surface area contributed by atoms with E-state index in [1.165, 1.54) is 30.2 Å². The van der Waals surface area contributed by atoms with Crippen LogP contribution in [-0.2, 0) is 16.1 Å². The summed E-state index contributed by atoms with van der Waals surface area (Å²) in [4.78, 5) is 33.8. The highest BCUT2D eigenvalue weighted by molar-refractivity contribution is 6.30. The number of nitrogens with one attached hydrogen (secondary N) is 1. The molecule has 13 nitrogen and oxygen atoms in total. The second kappa shape index (κ2) is 9.91. The molecule has 0 unspecified atom stereocenters. The minimum absolute atomic E-state index is 0.102. The molecule has 37 heavy (non-hydrogen) atoms. The topological polar surface area (TPSA) is 177 Å². The van der Waals surface area contributed by atoms with Gasteiger partial charge in [0, 0.05) is 30.0 Å². The number of hydrogen-bond acceptors (Lipinski definition) is 11. The van der Waals surface area contributed by atoms with Gasteiger partial charge in [-0.1, -0.05) is 11.6 Å². The number of rotatable bonds is 6. The molecule has 4 atom stereocenters. The number of ether oxygens (including phenoxy) is 1. The fourth-order valence-corrected chi connectivity index (χ4v) is 4.09. The summed E-state index contributed by atoms with van der Waals surface area (Å²) in [6, 6.07) is 4.54. The molecule has 0 spiro atoms. The van der Waals surface area contributed by atoms with Crippen molar-refractivity contribution >= 4 is 34.5 Å². The molecule has 192 valence electrons. The van der Waals surface area contributed by atoms with Crippen LogP contribution in [0, 0.1) is 5.82 Å². The van der Waals surface area contributed by atoms with Crippen LogP contribution in [0.4, 0.5) is 10.2 Å². The number of aliphatic hydroxyl groups is 2. The Bertz CT molecular complexity index is 1470. The van der Waals surface area contributed by atoms with Crippen molar-refractivity contribution in [3.8, 4) is 11.4 Å². The molecule has 1 fully saturated rings. The predicted molar refractivity (Wildman–Crippen MR) is 128 cm³/mol. The molecule has 0 bridgehead atoms. The van der Waals surface area contributed by atoms with Crippen molar-refractivity contribution in [1.82, 2.24) is 34.5 Å². The molecule has 1 aliphatic rings. The number of halogens is 2. The van der Waals surface area contributed by atoms with Crippen molar-refractivity contribution in [2.75, 3.05) is 12.4 Å². The van der Waals surface area contributed by atoms with E-state index < -0.39 is 36.3 Å². The number of carbonyl (C=O) groups is 1. The SMILES string of the molecule is CN(N)C(=O)[C@H]1O[C@@H](n2cnc3c(NCc4cc(Cl)ccn4)nc(-c4cncc(F)c4)nc32)[C@H](O)[C@@H]1O. The lowest BCUT2D eigenvalue weighted by Crippen LogP contribution is -2.46. The Kier molecular flexibility index (Phi) is 6.66. The highest BCUT2D eigenvalue weighted by Crippen LogP contribution is 2.34. The molecule has 0 aliphatic carbocycles. The number of nitrogens with zero attached hydrogens (tertiary/aromatic N) is 7. The average molecular weight is 530 g/mol. The van der Waals surface area contributed by atoms with Crippen LogP contribution < -0.4 is 11.2 Å². The summed E-state index contributed by atoms with van der Waals surface area (Å²) < 4.78 is 21.0. The summed E-state index contributed by atoms with van der Waals surface area (Å²) in [7, 11) is 1.30. The maximum Gasteiger partial charge on any atom is 0.268 e. The minimum Gasteiger partial charge on any atom is -0.387 e. The van der Waals surface area contributed by atoms with Crippen LogP contribution in [0.2, 0.25) is 5.02 Å². The predicted octanol–water partition coefficient (Wildman–Crippen LogP) is 0.639. The van der Waals surface area contributed by atoms with Crippen LogP contribution >= 0.6 is 11.6 Å². The summed E-state index contributed by atoms with van der Waals surface area (Å²) in [6.45, 7) is 0.223. The summed E-state index contributed by atoms with van der Waals surface area (Å²) in [5.74, 6) is 4.56. The Balaban J connectivity index is 1.57. The molecule has 0 saturated carbocycles. The van der Waals surface area contributed by atoms with E-state index in [0.29, 0.717) is 10.7 Å². The summed E-state index contributed by atoms with van der Waals surface area (Å²) in [5, 5.41) is 25.5. The molecule has 1 saturated heterocycles. The second-order valence-corrected chi connectivity index (χ2v) is 8.74. The molecular weight excluding hydrogens is 509 g/mol. The van der Waals surface area contributed by atoms with Crippen molar-refractivity contribution < 1.29 is 24.1 Å². The first-order valence-corrected chi connectivity index (χ1v) is 11.3. The van der Waals surface area contributed by atoms with Crippen molar-refractivity contribution in [2.45, 2.75) is 31.1 Å². The van der Waals surface area contributed by atoms with Gasteiger partial charge in [0.25, 0.3) is 5.91 Å². The largest absolute Gasteiger partial charge is 0.387 e. The third-order valence-electron chi connectivity index (χ3n) is 5.70. The van der Waals surface area contributed by atoms with Gasteiger partial charge in [-0.3, -0.25) is 24.3 Å². The van der Waals surface area contributed by atoms with E-state index in [4.69, 9.17) is 22.2 Å². The zero-order valence-corrected chi connectivity index (χ0v) is 20.0. The maximum absolute atomic E-state index is 13.9. The first kappa shape index (κ1) is 24.9. The van der Waals surface area contributed by atoms with E-state index in [1.54, 1.807) is 18.3 Å². The summed E-state index contributed by atoms with van der Waals surface area (Å²) in [6.07, 6.45) is -0.370. The number of amides is 1. The van der Waals surface area contributed by atoms with Crippen LogP contribution in [0.15, 0.2) is 43.1 Å². The fourth-order valence-electron chi connectivity index (χ4n) is 3.90.